The van der Waals surface area contributed by atoms with Crippen molar-refractivity contribution in [2.45, 2.75) is 6.42 Å². The summed E-state index contributed by atoms with van der Waals surface area (Å²) in [5, 5.41) is 1.01. The number of hydrogen-bond donors (Lipinski definition) is 0. The molecule has 1 rings (SSSR count). The van der Waals surface area contributed by atoms with Gasteiger partial charge in [-0.3, -0.25) is 9.59 Å². The number of nitrogens with zero attached hydrogens (tertiary/aromatic N) is 1. The Labute approximate surface area is 127 Å². The van der Waals surface area contributed by atoms with Crippen molar-refractivity contribution >= 4 is 41.2 Å². The largest absolute Gasteiger partial charge is 0.469 e. The molecule has 1 aromatic carbocycles. The summed E-state index contributed by atoms with van der Waals surface area (Å²) in [4.78, 5) is 24.2. The second kappa shape index (κ2) is 7.92. The summed E-state index contributed by atoms with van der Waals surface area (Å²) in [6, 6.07) is 5.02. The summed E-state index contributed by atoms with van der Waals surface area (Å²) >= 11 is 11.7. The lowest BCUT2D eigenvalue weighted by atomic mass is 10.2. The zero-order chi connectivity index (χ0) is 15.1. The van der Waals surface area contributed by atoms with Crippen molar-refractivity contribution in [3.05, 3.63) is 39.9 Å². The molecule has 0 atom stereocenters. The van der Waals surface area contributed by atoms with Gasteiger partial charge in [0.1, 0.15) is 0 Å². The lowest BCUT2D eigenvalue weighted by Crippen LogP contribution is -2.27. The number of likely N-dealkylation sites (N-methyl/N-ethyl adjacent to an activating group) is 1. The van der Waals surface area contributed by atoms with Gasteiger partial charge in [-0.2, -0.15) is 0 Å². The van der Waals surface area contributed by atoms with Gasteiger partial charge < -0.3 is 9.64 Å². The van der Waals surface area contributed by atoms with Gasteiger partial charge in [-0.1, -0.05) is 23.2 Å². The number of carbonyl (C=O) groups excluding carboxylic acids is 2. The highest BCUT2D eigenvalue weighted by molar-refractivity contribution is 6.34. The number of amides is 1. The molecule has 108 valence electrons. The first-order chi connectivity index (χ1) is 9.42. The zero-order valence-electron chi connectivity index (χ0n) is 11.2. The van der Waals surface area contributed by atoms with Gasteiger partial charge in [0.25, 0.3) is 0 Å². The number of esters is 1. The van der Waals surface area contributed by atoms with Gasteiger partial charge in [0.2, 0.25) is 5.91 Å². The fourth-order valence-electron chi connectivity index (χ4n) is 1.44. The summed E-state index contributed by atoms with van der Waals surface area (Å²) in [5.41, 5.74) is 0.734. The Balaban J connectivity index is 2.60. The molecule has 0 unspecified atom stereocenters. The molecule has 0 aromatic heterocycles. The second-order valence-corrected chi connectivity index (χ2v) is 4.99. The van der Waals surface area contributed by atoms with Crippen LogP contribution in [0.5, 0.6) is 0 Å². The Morgan fingerprint density at radius 2 is 1.85 bits per heavy atom. The number of ether oxygens (including phenoxy) is 1. The lowest BCUT2D eigenvalue weighted by Gasteiger charge is -2.13. The van der Waals surface area contributed by atoms with Gasteiger partial charge in [0.05, 0.1) is 13.5 Å². The lowest BCUT2D eigenvalue weighted by molar-refractivity contribution is -0.141. The van der Waals surface area contributed by atoms with E-state index in [9.17, 15) is 9.59 Å². The molecule has 0 aliphatic heterocycles. The minimum atomic E-state index is -0.352. The average molecular weight is 316 g/mol. The first kappa shape index (κ1) is 16.5. The SMILES string of the molecule is COC(=O)CCN(C)C(=O)C=Cc1cc(Cl)cc(Cl)c1. The molecular weight excluding hydrogens is 301 g/mol. The van der Waals surface area contributed by atoms with Gasteiger partial charge >= 0.3 is 5.97 Å². The van der Waals surface area contributed by atoms with Crippen molar-refractivity contribution in [3.63, 3.8) is 0 Å². The van der Waals surface area contributed by atoms with Crippen molar-refractivity contribution in [1.82, 2.24) is 4.90 Å². The predicted molar refractivity (Wildman–Crippen MR) is 79.8 cm³/mol. The molecule has 4 nitrogen and oxygen atoms in total. The van der Waals surface area contributed by atoms with Crippen molar-refractivity contribution in [3.8, 4) is 0 Å². The van der Waals surface area contributed by atoms with Crippen molar-refractivity contribution in [1.29, 1.82) is 0 Å². The minimum absolute atomic E-state index is 0.162. The van der Waals surface area contributed by atoms with Crippen LogP contribution in [0.15, 0.2) is 24.3 Å². The van der Waals surface area contributed by atoms with E-state index in [0.717, 1.165) is 5.56 Å². The third-order valence-electron chi connectivity index (χ3n) is 2.56. The summed E-state index contributed by atoms with van der Waals surface area (Å²) in [5.74, 6) is -0.569. The van der Waals surface area contributed by atoms with Crippen LogP contribution in [0.25, 0.3) is 6.08 Å². The quantitative estimate of drug-likeness (QED) is 0.620. The van der Waals surface area contributed by atoms with Crippen LogP contribution in [-0.4, -0.2) is 37.5 Å². The van der Waals surface area contributed by atoms with E-state index in [0.29, 0.717) is 16.6 Å². The third kappa shape index (κ3) is 5.63. The van der Waals surface area contributed by atoms with E-state index in [2.05, 4.69) is 4.74 Å². The molecule has 0 N–H and O–H groups in total. The zero-order valence-corrected chi connectivity index (χ0v) is 12.7. The predicted octanol–water partition coefficient (Wildman–Crippen LogP) is 3.03. The van der Waals surface area contributed by atoms with Gasteiger partial charge in [0, 0.05) is 29.7 Å². The maximum atomic E-state index is 11.8. The van der Waals surface area contributed by atoms with Crippen molar-refractivity contribution in [2.24, 2.45) is 0 Å². The second-order valence-electron chi connectivity index (χ2n) is 4.12. The number of halogens is 2. The van der Waals surface area contributed by atoms with Gasteiger partial charge in [-0.15, -0.1) is 0 Å². The smallest absolute Gasteiger partial charge is 0.307 e. The number of benzene rings is 1. The molecule has 0 saturated carbocycles. The van der Waals surface area contributed by atoms with Gasteiger partial charge in [-0.25, -0.2) is 0 Å². The normalized spacial score (nSPS) is 10.6. The molecule has 0 fully saturated rings. The minimum Gasteiger partial charge on any atom is -0.469 e. The average Bonchev–Trinajstić information content (AvgIpc) is 2.40. The van der Waals surface area contributed by atoms with E-state index >= 15 is 0 Å². The van der Waals surface area contributed by atoms with Crippen LogP contribution < -0.4 is 0 Å². The molecule has 20 heavy (non-hydrogen) atoms. The number of rotatable bonds is 5. The molecular formula is C14H15Cl2NO3. The van der Waals surface area contributed by atoms with Crippen LogP contribution in [0.4, 0.5) is 0 Å². The molecule has 0 aliphatic rings. The first-order valence-corrected chi connectivity index (χ1v) is 6.64. The van der Waals surface area contributed by atoms with E-state index in [1.165, 1.54) is 18.1 Å². The fraction of sp³-hybridized carbons (Fsp3) is 0.286. The summed E-state index contributed by atoms with van der Waals surface area (Å²) in [7, 11) is 2.92. The molecule has 1 aromatic rings. The first-order valence-electron chi connectivity index (χ1n) is 5.88. The maximum absolute atomic E-state index is 11.8. The Hall–Kier alpha value is -1.52. The van der Waals surface area contributed by atoms with Crippen LogP contribution >= 0.6 is 23.2 Å². The van der Waals surface area contributed by atoms with E-state index in [4.69, 9.17) is 23.2 Å². The molecule has 6 heteroatoms. The van der Waals surface area contributed by atoms with Crippen LogP contribution in [-0.2, 0) is 14.3 Å². The monoisotopic (exact) mass is 315 g/mol. The number of hydrogen-bond acceptors (Lipinski definition) is 3. The van der Waals surface area contributed by atoms with Crippen molar-refractivity contribution in [2.75, 3.05) is 20.7 Å². The standard InChI is InChI=1S/C14H15Cl2NO3/c1-17(6-5-14(19)20-2)13(18)4-3-10-7-11(15)9-12(16)8-10/h3-4,7-9H,5-6H2,1-2H3. The van der Waals surface area contributed by atoms with Crippen LogP contribution in [0.2, 0.25) is 10.0 Å². The topological polar surface area (TPSA) is 46.6 Å². The Morgan fingerprint density at radius 1 is 1.25 bits per heavy atom. The van der Waals surface area contributed by atoms with Crippen molar-refractivity contribution < 1.29 is 14.3 Å². The summed E-state index contributed by atoms with van der Waals surface area (Å²) in [6.45, 7) is 0.298. The van der Waals surface area contributed by atoms with Crippen LogP contribution in [0, 0.1) is 0 Å². The molecule has 0 aliphatic carbocycles. The highest BCUT2D eigenvalue weighted by atomic mass is 35.5. The molecule has 1 amide bonds. The highest BCUT2D eigenvalue weighted by Crippen LogP contribution is 2.19. The van der Waals surface area contributed by atoms with E-state index in [1.807, 2.05) is 0 Å². The Kier molecular flexibility index (Phi) is 6.55. The third-order valence-corrected chi connectivity index (χ3v) is 2.99. The molecule has 0 saturated heterocycles. The van der Waals surface area contributed by atoms with Gasteiger partial charge in [0.15, 0.2) is 0 Å². The number of carbonyl (C=O) groups is 2. The van der Waals surface area contributed by atoms with Crippen LogP contribution in [0.3, 0.4) is 0 Å². The highest BCUT2D eigenvalue weighted by Gasteiger charge is 2.08. The Morgan fingerprint density at radius 3 is 2.40 bits per heavy atom. The van der Waals surface area contributed by atoms with E-state index in [1.54, 1.807) is 31.3 Å². The molecule has 0 heterocycles. The molecule has 0 spiro atoms. The maximum Gasteiger partial charge on any atom is 0.307 e. The molecule has 0 radical (unpaired) electrons. The van der Waals surface area contributed by atoms with Crippen LogP contribution in [0.1, 0.15) is 12.0 Å². The fourth-order valence-corrected chi connectivity index (χ4v) is 1.98. The Bertz CT molecular complexity index is 509. The van der Waals surface area contributed by atoms with E-state index in [-0.39, 0.29) is 18.3 Å². The van der Waals surface area contributed by atoms with Gasteiger partial charge in [-0.05, 0) is 29.8 Å². The summed E-state index contributed by atoms with van der Waals surface area (Å²) < 4.78 is 4.51. The van der Waals surface area contributed by atoms with E-state index < -0.39 is 0 Å². The molecule has 0 bridgehead atoms. The summed E-state index contributed by atoms with van der Waals surface area (Å²) in [6.07, 6.45) is 3.18. The number of methoxy groups -OCH3 is 1.